The van der Waals surface area contributed by atoms with Gasteiger partial charge in [-0.25, -0.2) is 9.59 Å². The van der Waals surface area contributed by atoms with Gasteiger partial charge >= 0.3 is 35.9 Å². The zero-order chi connectivity index (χ0) is 33.0. The average Bonchev–Trinajstić information content (AvgIpc) is 2.93. The van der Waals surface area contributed by atoms with E-state index in [1.807, 2.05) is 0 Å². The highest BCUT2D eigenvalue weighted by Gasteiger charge is 2.48. The smallest absolute Gasteiger partial charge is 0.408 e. The number of nitrogens with one attached hydrogen (secondary N) is 2. The van der Waals surface area contributed by atoms with E-state index in [1.165, 1.54) is 19.1 Å². The van der Waals surface area contributed by atoms with Crippen LogP contribution in [0.25, 0.3) is 0 Å². The van der Waals surface area contributed by atoms with Crippen molar-refractivity contribution in [1.29, 1.82) is 0 Å². The van der Waals surface area contributed by atoms with E-state index in [2.05, 4.69) is 10.6 Å². The first-order chi connectivity index (χ1) is 20.7. The number of hydrogen-bond acceptors (Lipinski definition) is 14. The second kappa shape index (κ2) is 16.5. The molecule has 0 fully saturated rings. The number of rotatable bonds is 12. The van der Waals surface area contributed by atoms with E-state index < -0.39 is 84.6 Å². The predicted octanol–water partition coefficient (Wildman–Crippen LogP) is 0.594. The minimum absolute atomic E-state index is 0.218. The molecule has 0 radical (unpaired) electrons. The van der Waals surface area contributed by atoms with Crippen LogP contribution < -0.4 is 15.4 Å². The molecule has 1 aliphatic rings. The van der Waals surface area contributed by atoms with Gasteiger partial charge in [0.1, 0.15) is 19.0 Å². The van der Waals surface area contributed by atoms with Gasteiger partial charge in [-0.05, 0) is 23.8 Å². The molecule has 0 bridgehead atoms. The highest BCUT2D eigenvalue weighted by molar-refractivity contribution is 5.87. The van der Waals surface area contributed by atoms with Gasteiger partial charge in [-0.3, -0.25) is 24.0 Å². The average molecular weight is 623 g/mol. The van der Waals surface area contributed by atoms with Crippen molar-refractivity contribution in [2.24, 2.45) is 0 Å². The Morgan fingerprint density at radius 2 is 1.45 bits per heavy atom. The molecule has 2 rings (SSSR count). The molecule has 0 saturated carbocycles. The summed E-state index contributed by atoms with van der Waals surface area (Å²) < 4.78 is 36.5. The van der Waals surface area contributed by atoms with Crippen molar-refractivity contribution >= 4 is 41.8 Å². The van der Waals surface area contributed by atoms with Crippen molar-refractivity contribution in [2.75, 3.05) is 13.7 Å². The molecular formula is C28H34N2O14. The maximum absolute atomic E-state index is 12.9. The zero-order valence-corrected chi connectivity index (χ0v) is 24.9. The van der Waals surface area contributed by atoms with Crippen molar-refractivity contribution < 1.29 is 66.7 Å². The van der Waals surface area contributed by atoms with Crippen molar-refractivity contribution in [1.82, 2.24) is 10.6 Å². The van der Waals surface area contributed by atoms with Gasteiger partial charge < -0.3 is 43.8 Å². The first-order valence-electron chi connectivity index (χ1n) is 13.1. The molecule has 0 spiro atoms. The number of hydrogen-bond donors (Lipinski definition) is 2. The van der Waals surface area contributed by atoms with Gasteiger partial charge in [0, 0.05) is 34.6 Å². The van der Waals surface area contributed by atoms with Gasteiger partial charge in [-0.15, -0.1) is 0 Å². The predicted molar refractivity (Wildman–Crippen MR) is 145 cm³/mol. The third-order valence-corrected chi connectivity index (χ3v) is 5.69. The second-order valence-corrected chi connectivity index (χ2v) is 9.34. The highest BCUT2D eigenvalue weighted by Crippen LogP contribution is 2.27. The lowest BCUT2D eigenvalue weighted by Crippen LogP contribution is -2.64. The molecule has 16 heteroatoms. The first kappa shape index (κ1) is 35.0. The Morgan fingerprint density at radius 1 is 0.818 bits per heavy atom. The van der Waals surface area contributed by atoms with Crippen LogP contribution in [0.4, 0.5) is 4.79 Å². The number of methoxy groups -OCH3 is 1. The number of carbonyl (C=O) groups is 7. The normalized spacial score (nSPS) is 18.5. The second-order valence-electron chi connectivity index (χ2n) is 9.34. The van der Waals surface area contributed by atoms with E-state index in [4.69, 9.17) is 33.2 Å². The van der Waals surface area contributed by atoms with Crippen LogP contribution in [-0.2, 0) is 63.8 Å². The van der Waals surface area contributed by atoms with Gasteiger partial charge in [0.25, 0.3) is 0 Å². The molecule has 0 aliphatic carbocycles. The van der Waals surface area contributed by atoms with Crippen LogP contribution in [0.3, 0.4) is 0 Å². The summed E-state index contributed by atoms with van der Waals surface area (Å²) in [6.45, 7) is 4.81. The lowest BCUT2D eigenvalue weighted by Gasteiger charge is -2.41. The number of esters is 5. The number of amides is 2. The lowest BCUT2D eigenvalue weighted by molar-refractivity contribution is -0.188. The van der Waals surface area contributed by atoms with Gasteiger partial charge in [-0.1, -0.05) is 12.1 Å². The summed E-state index contributed by atoms with van der Waals surface area (Å²) in [5, 5.41) is 5.09. The van der Waals surface area contributed by atoms with Crippen molar-refractivity contribution in [2.45, 2.75) is 71.6 Å². The quantitative estimate of drug-likeness (QED) is 0.186. The third kappa shape index (κ3) is 11.3. The summed E-state index contributed by atoms with van der Waals surface area (Å²) in [6.07, 6.45) is -4.41. The lowest BCUT2D eigenvalue weighted by atomic mass is 9.91. The number of benzene rings is 1. The monoisotopic (exact) mass is 622 g/mol. The Kier molecular flexibility index (Phi) is 13.1. The summed E-state index contributed by atoms with van der Waals surface area (Å²) >= 11 is 0. The van der Waals surface area contributed by atoms with Gasteiger partial charge in [-0.2, -0.15) is 0 Å². The number of alkyl carbamates (subject to hydrolysis) is 1. The standard InChI is InChI=1S/C28H34N2O14/c1-14(31)29-24-21(30-28(37)40-12-19-7-9-20(10-8-19)41-16(3)33)11-22(27(36)38-6)44-26(24)25(43-18(5)35)23(42-17(4)34)13-39-15(2)32/h7-11,21,23-26H,12-13H2,1-6H3,(H,29,31)(H,30,37)/t21-,23+,24+,25+,26+/m0/s1. The summed E-state index contributed by atoms with van der Waals surface area (Å²) in [5.41, 5.74) is 0.537. The summed E-state index contributed by atoms with van der Waals surface area (Å²) in [5.74, 6) is -4.72. The summed E-state index contributed by atoms with van der Waals surface area (Å²) in [7, 11) is 1.07. The summed E-state index contributed by atoms with van der Waals surface area (Å²) in [4.78, 5) is 84.4. The number of carbonyl (C=O) groups excluding carboxylic acids is 7. The molecule has 5 atom stereocenters. The highest BCUT2D eigenvalue weighted by atomic mass is 16.6. The third-order valence-electron chi connectivity index (χ3n) is 5.69. The minimum atomic E-state index is -1.59. The van der Waals surface area contributed by atoms with E-state index in [0.29, 0.717) is 11.3 Å². The van der Waals surface area contributed by atoms with Crippen LogP contribution in [0, 0.1) is 0 Å². The van der Waals surface area contributed by atoms with E-state index in [0.717, 1.165) is 40.9 Å². The van der Waals surface area contributed by atoms with Crippen LogP contribution in [-0.4, -0.2) is 86.0 Å². The maximum atomic E-state index is 12.9. The van der Waals surface area contributed by atoms with E-state index in [1.54, 1.807) is 12.1 Å². The molecule has 240 valence electrons. The molecule has 16 nitrogen and oxygen atoms in total. The first-order valence-corrected chi connectivity index (χ1v) is 13.1. The van der Waals surface area contributed by atoms with Crippen molar-refractivity contribution in [3.8, 4) is 5.75 Å². The topological polar surface area (TPSA) is 208 Å². The maximum Gasteiger partial charge on any atom is 0.408 e. The van der Waals surface area contributed by atoms with Crippen molar-refractivity contribution in [3.05, 3.63) is 41.7 Å². The minimum Gasteiger partial charge on any atom is -0.477 e. The fraction of sp³-hybridized carbons (Fsp3) is 0.464. The Morgan fingerprint density at radius 3 is 1.98 bits per heavy atom. The molecule has 0 unspecified atom stereocenters. The fourth-order valence-corrected chi connectivity index (χ4v) is 4.06. The molecule has 1 aliphatic heterocycles. The van der Waals surface area contributed by atoms with Crippen LogP contribution in [0.5, 0.6) is 5.75 Å². The molecule has 2 amide bonds. The zero-order valence-electron chi connectivity index (χ0n) is 24.9. The Labute approximate surface area is 252 Å². The van der Waals surface area contributed by atoms with E-state index >= 15 is 0 Å². The van der Waals surface area contributed by atoms with Crippen LogP contribution in [0.1, 0.15) is 40.2 Å². The molecule has 2 N–H and O–H groups in total. The molecule has 0 saturated heterocycles. The van der Waals surface area contributed by atoms with Crippen LogP contribution in [0.15, 0.2) is 36.1 Å². The van der Waals surface area contributed by atoms with Crippen LogP contribution >= 0.6 is 0 Å². The van der Waals surface area contributed by atoms with Gasteiger partial charge in [0.15, 0.2) is 18.3 Å². The fourth-order valence-electron chi connectivity index (χ4n) is 4.06. The molecule has 1 heterocycles. The van der Waals surface area contributed by atoms with Gasteiger partial charge in [0.2, 0.25) is 11.7 Å². The molecule has 1 aromatic carbocycles. The Balaban J connectivity index is 2.42. The van der Waals surface area contributed by atoms with Gasteiger partial charge in [0.05, 0.1) is 19.2 Å². The van der Waals surface area contributed by atoms with Crippen molar-refractivity contribution in [3.63, 3.8) is 0 Å². The van der Waals surface area contributed by atoms with E-state index in [9.17, 15) is 33.6 Å². The molecular weight excluding hydrogens is 588 g/mol. The SMILES string of the molecule is COC(=O)C1=C[C@H](NC(=O)OCc2ccc(OC(C)=O)cc2)[C@@H](NC(C)=O)[C@H]([C@H](OC(C)=O)[C@@H](COC(C)=O)OC(C)=O)O1. The van der Waals surface area contributed by atoms with Crippen LogP contribution in [0.2, 0.25) is 0 Å². The molecule has 44 heavy (non-hydrogen) atoms. The Bertz CT molecular complexity index is 1280. The summed E-state index contributed by atoms with van der Waals surface area (Å²) in [6, 6.07) is 3.63. The number of ether oxygens (including phenoxy) is 7. The molecule has 0 aromatic heterocycles. The van der Waals surface area contributed by atoms with E-state index in [-0.39, 0.29) is 6.61 Å². The largest absolute Gasteiger partial charge is 0.477 e. The Hall–Kier alpha value is -5.15. The molecule has 1 aromatic rings.